The lowest BCUT2D eigenvalue weighted by Gasteiger charge is -2.12. The molecule has 0 N–H and O–H groups in total. The van der Waals surface area contributed by atoms with Gasteiger partial charge in [-0.2, -0.15) is 5.10 Å². The number of hydrogen-bond donors (Lipinski definition) is 0. The number of fused-ring (bicyclic) bond motifs is 1. The van der Waals surface area contributed by atoms with E-state index in [0.717, 1.165) is 22.8 Å². The van der Waals surface area contributed by atoms with Crippen LogP contribution in [0.15, 0.2) is 65.6 Å². The lowest BCUT2D eigenvalue weighted by atomic mass is 10.2. The van der Waals surface area contributed by atoms with Gasteiger partial charge in [0.15, 0.2) is 5.65 Å². The molecule has 2 aromatic carbocycles. The van der Waals surface area contributed by atoms with Crippen LogP contribution in [0.2, 0.25) is 0 Å². The van der Waals surface area contributed by atoms with Crippen molar-refractivity contribution in [3.05, 3.63) is 82.5 Å². The van der Waals surface area contributed by atoms with E-state index in [4.69, 9.17) is 4.98 Å². The number of nitrogens with zero attached hydrogens (tertiary/aromatic N) is 4. The molecule has 0 unspecified atom stereocenters. The predicted molar refractivity (Wildman–Crippen MR) is 98.6 cm³/mol. The summed E-state index contributed by atoms with van der Waals surface area (Å²) in [7, 11) is 0. The highest BCUT2D eigenvalue weighted by Crippen LogP contribution is 2.17. The van der Waals surface area contributed by atoms with Gasteiger partial charge in [0.25, 0.3) is 5.56 Å². The Kier molecular flexibility index (Phi) is 3.69. The highest BCUT2D eigenvalue weighted by molar-refractivity contribution is 5.75. The lowest BCUT2D eigenvalue weighted by Crippen LogP contribution is -2.23. The third-order valence-electron chi connectivity index (χ3n) is 4.28. The smallest absolute Gasteiger partial charge is 0.268 e. The van der Waals surface area contributed by atoms with E-state index in [2.05, 4.69) is 5.10 Å². The average molecular weight is 330 g/mol. The molecule has 2 aromatic heterocycles. The number of para-hydroxylation sites is 1. The number of benzene rings is 2. The van der Waals surface area contributed by atoms with Crippen LogP contribution in [0.3, 0.4) is 0 Å². The molecular weight excluding hydrogens is 312 g/mol. The molecule has 25 heavy (non-hydrogen) atoms. The largest absolute Gasteiger partial charge is 0.269 e. The van der Waals surface area contributed by atoms with Gasteiger partial charge in [0.1, 0.15) is 11.2 Å². The zero-order chi connectivity index (χ0) is 17.4. The normalized spacial score (nSPS) is 11.1. The summed E-state index contributed by atoms with van der Waals surface area (Å²) in [6.07, 6.45) is 2.25. The molecule has 0 saturated carbocycles. The fraction of sp³-hybridized carbons (Fsp3) is 0.150. The number of aromatic nitrogens is 4. The Bertz CT molecular complexity index is 1090. The first kappa shape index (κ1) is 15.3. The van der Waals surface area contributed by atoms with Crippen LogP contribution in [0.4, 0.5) is 0 Å². The molecule has 4 aromatic rings. The second-order valence-corrected chi connectivity index (χ2v) is 5.99. The maximum Gasteiger partial charge on any atom is 0.269 e. The van der Waals surface area contributed by atoms with Gasteiger partial charge in [-0.1, -0.05) is 42.8 Å². The highest BCUT2D eigenvalue weighted by atomic mass is 16.1. The molecule has 0 amide bonds. The molecule has 124 valence electrons. The Morgan fingerprint density at radius 1 is 0.960 bits per heavy atom. The fourth-order valence-corrected chi connectivity index (χ4v) is 2.97. The quantitative estimate of drug-likeness (QED) is 0.578. The number of rotatable bonds is 3. The SMILES string of the molecule is CCc1nc2c(cnn2-c2ccccc2)c(=O)n1-c1ccc(C)cc1. The molecule has 0 saturated heterocycles. The van der Waals surface area contributed by atoms with Crippen LogP contribution in [0, 0.1) is 6.92 Å². The minimum Gasteiger partial charge on any atom is -0.268 e. The highest BCUT2D eigenvalue weighted by Gasteiger charge is 2.16. The van der Waals surface area contributed by atoms with E-state index < -0.39 is 0 Å². The van der Waals surface area contributed by atoms with Gasteiger partial charge in [0.05, 0.1) is 17.6 Å². The van der Waals surface area contributed by atoms with Crippen LogP contribution in [0.25, 0.3) is 22.4 Å². The lowest BCUT2D eigenvalue weighted by molar-refractivity contribution is 0.817. The first-order valence-corrected chi connectivity index (χ1v) is 8.31. The van der Waals surface area contributed by atoms with Gasteiger partial charge in [-0.25, -0.2) is 9.67 Å². The van der Waals surface area contributed by atoms with E-state index in [-0.39, 0.29) is 5.56 Å². The van der Waals surface area contributed by atoms with Gasteiger partial charge in [-0.15, -0.1) is 0 Å². The zero-order valence-electron chi connectivity index (χ0n) is 14.2. The van der Waals surface area contributed by atoms with Gasteiger partial charge < -0.3 is 0 Å². The molecule has 0 aliphatic heterocycles. The van der Waals surface area contributed by atoms with E-state index in [0.29, 0.717) is 17.5 Å². The van der Waals surface area contributed by atoms with Crippen molar-refractivity contribution >= 4 is 11.0 Å². The Morgan fingerprint density at radius 3 is 2.36 bits per heavy atom. The zero-order valence-corrected chi connectivity index (χ0v) is 14.2. The molecule has 0 aliphatic carbocycles. The molecule has 0 radical (unpaired) electrons. The predicted octanol–water partition coefficient (Wildman–Crippen LogP) is 3.44. The minimum atomic E-state index is -0.0899. The first-order valence-electron chi connectivity index (χ1n) is 8.31. The van der Waals surface area contributed by atoms with Gasteiger partial charge in [-0.05, 0) is 31.2 Å². The molecular formula is C20H18N4O. The Balaban J connectivity index is 2.00. The van der Waals surface area contributed by atoms with Crippen molar-refractivity contribution in [2.24, 2.45) is 0 Å². The van der Waals surface area contributed by atoms with Crippen LogP contribution in [-0.2, 0) is 6.42 Å². The van der Waals surface area contributed by atoms with Crippen molar-refractivity contribution in [2.75, 3.05) is 0 Å². The van der Waals surface area contributed by atoms with Gasteiger partial charge in [0, 0.05) is 6.42 Å². The topological polar surface area (TPSA) is 52.7 Å². The van der Waals surface area contributed by atoms with E-state index in [9.17, 15) is 4.79 Å². The van der Waals surface area contributed by atoms with Crippen LogP contribution < -0.4 is 5.56 Å². The summed E-state index contributed by atoms with van der Waals surface area (Å²) in [5, 5.41) is 4.91. The summed E-state index contributed by atoms with van der Waals surface area (Å²) in [5.74, 6) is 0.721. The molecule has 4 rings (SSSR count). The second kappa shape index (κ2) is 6.02. The van der Waals surface area contributed by atoms with E-state index in [1.165, 1.54) is 0 Å². The second-order valence-electron chi connectivity index (χ2n) is 5.99. The molecule has 0 bridgehead atoms. The van der Waals surface area contributed by atoms with Gasteiger partial charge in [0.2, 0.25) is 0 Å². The third-order valence-corrected chi connectivity index (χ3v) is 4.28. The van der Waals surface area contributed by atoms with E-state index in [1.807, 2.05) is 68.4 Å². The monoisotopic (exact) mass is 330 g/mol. The fourth-order valence-electron chi connectivity index (χ4n) is 2.97. The molecule has 0 spiro atoms. The molecule has 5 heteroatoms. The van der Waals surface area contributed by atoms with Crippen molar-refractivity contribution < 1.29 is 0 Å². The molecule has 5 nitrogen and oxygen atoms in total. The molecule has 2 heterocycles. The Labute approximate surface area is 145 Å². The summed E-state index contributed by atoms with van der Waals surface area (Å²) >= 11 is 0. The van der Waals surface area contributed by atoms with Gasteiger partial charge in [-0.3, -0.25) is 9.36 Å². The van der Waals surface area contributed by atoms with Crippen molar-refractivity contribution in [2.45, 2.75) is 20.3 Å². The summed E-state index contributed by atoms with van der Waals surface area (Å²) in [5.41, 5.74) is 3.37. The van der Waals surface area contributed by atoms with Crippen molar-refractivity contribution in [3.63, 3.8) is 0 Å². The van der Waals surface area contributed by atoms with Crippen molar-refractivity contribution in [1.82, 2.24) is 19.3 Å². The van der Waals surface area contributed by atoms with Crippen LogP contribution >= 0.6 is 0 Å². The van der Waals surface area contributed by atoms with Crippen LogP contribution in [-0.4, -0.2) is 19.3 Å². The first-order chi connectivity index (χ1) is 12.2. The van der Waals surface area contributed by atoms with Crippen molar-refractivity contribution in [3.8, 4) is 11.4 Å². The Hall–Kier alpha value is -3.21. The van der Waals surface area contributed by atoms with E-state index >= 15 is 0 Å². The van der Waals surface area contributed by atoms with Crippen molar-refractivity contribution in [1.29, 1.82) is 0 Å². The molecule has 0 fully saturated rings. The summed E-state index contributed by atoms with van der Waals surface area (Å²) in [4.78, 5) is 17.9. The van der Waals surface area contributed by atoms with E-state index in [1.54, 1.807) is 15.4 Å². The number of aryl methyl sites for hydroxylation is 2. The molecule has 0 aliphatic rings. The molecule has 0 atom stereocenters. The average Bonchev–Trinajstić information content (AvgIpc) is 3.07. The summed E-state index contributed by atoms with van der Waals surface area (Å²) in [6, 6.07) is 17.6. The summed E-state index contributed by atoms with van der Waals surface area (Å²) < 4.78 is 3.40. The maximum atomic E-state index is 13.1. The summed E-state index contributed by atoms with van der Waals surface area (Å²) in [6.45, 7) is 4.03. The van der Waals surface area contributed by atoms with Crippen LogP contribution in [0.1, 0.15) is 18.3 Å². The minimum absolute atomic E-state index is 0.0899. The van der Waals surface area contributed by atoms with Gasteiger partial charge >= 0.3 is 0 Å². The van der Waals surface area contributed by atoms with Crippen LogP contribution in [0.5, 0.6) is 0 Å². The number of hydrogen-bond acceptors (Lipinski definition) is 3. The standard InChI is InChI=1S/C20H18N4O/c1-3-18-22-19-17(13-21-24(19)16-7-5-4-6-8-16)20(25)23(18)15-11-9-14(2)10-12-15/h4-13H,3H2,1-2H3. The maximum absolute atomic E-state index is 13.1. The Morgan fingerprint density at radius 2 is 1.68 bits per heavy atom. The third kappa shape index (κ3) is 2.54.